The van der Waals surface area contributed by atoms with Gasteiger partial charge in [-0.2, -0.15) is 0 Å². The normalized spacial score (nSPS) is 22.8. The third-order valence-electron chi connectivity index (χ3n) is 4.67. The molecule has 3 rings (SSSR count). The van der Waals surface area contributed by atoms with Crippen LogP contribution in [0.1, 0.15) is 45.1 Å². The number of nitrogens with zero attached hydrogens (tertiary/aromatic N) is 2. The molecule has 0 aromatic carbocycles. The van der Waals surface area contributed by atoms with Gasteiger partial charge in [-0.05, 0) is 39.3 Å². The second kappa shape index (κ2) is 6.06. The molecular formula is C19H24N2O3. The maximum absolute atomic E-state index is 13.0. The summed E-state index contributed by atoms with van der Waals surface area (Å²) in [7, 11) is 1.75. The number of aryl methyl sites for hydroxylation is 1. The highest BCUT2D eigenvalue weighted by Crippen LogP contribution is 2.44. The van der Waals surface area contributed by atoms with Crippen LogP contribution < -0.4 is 10.3 Å². The van der Waals surface area contributed by atoms with Crippen LogP contribution in [-0.4, -0.2) is 26.9 Å². The van der Waals surface area contributed by atoms with E-state index >= 15 is 0 Å². The largest absolute Gasteiger partial charge is 0.486 e. The Bertz CT molecular complexity index is 865. The molecule has 0 saturated carbocycles. The van der Waals surface area contributed by atoms with Crippen LogP contribution in [0.15, 0.2) is 34.8 Å². The van der Waals surface area contributed by atoms with Crippen LogP contribution in [-0.2, 0) is 7.05 Å². The van der Waals surface area contributed by atoms with Crippen molar-refractivity contribution in [2.24, 2.45) is 7.05 Å². The van der Waals surface area contributed by atoms with E-state index in [0.29, 0.717) is 29.8 Å². The number of aliphatic hydroxyl groups is 1. The number of hydrogen-bond acceptors (Lipinski definition) is 4. The van der Waals surface area contributed by atoms with Crippen molar-refractivity contribution in [2.45, 2.75) is 45.1 Å². The van der Waals surface area contributed by atoms with Gasteiger partial charge >= 0.3 is 0 Å². The van der Waals surface area contributed by atoms with E-state index in [2.05, 4.69) is 11.1 Å². The monoisotopic (exact) mass is 328 g/mol. The molecule has 0 amide bonds. The van der Waals surface area contributed by atoms with Crippen molar-refractivity contribution < 1.29 is 9.84 Å². The number of fused-ring (bicyclic) bond motifs is 3. The molecule has 5 nitrogen and oxygen atoms in total. The van der Waals surface area contributed by atoms with Gasteiger partial charge in [0, 0.05) is 32.2 Å². The summed E-state index contributed by atoms with van der Waals surface area (Å²) in [5.74, 6) is 0.588. The zero-order valence-electron chi connectivity index (χ0n) is 14.7. The SMILES string of the molecule is CC(C)=CC1CC(C)(CCO)Oc2c1c(=O)n(C)c1ncccc21. The van der Waals surface area contributed by atoms with Gasteiger partial charge in [0.15, 0.2) is 0 Å². The van der Waals surface area contributed by atoms with E-state index in [-0.39, 0.29) is 18.1 Å². The summed E-state index contributed by atoms with van der Waals surface area (Å²) in [5.41, 5.74) is 1.89. The Morgan fingerprint density at radius 3 is 2.96 bits per heavy atom. The van der Waals surface area contributed by atoms with Crippen molar-refractivity contribution in [3.05, 3.63) is 45.9 Å². The van der Waals surface area contributed by atoms with Gasteiger partial charge in [-0.3, -0.25) is 9.36 Å². The Labute approximate surface area is 141 Å². The van der Waals surface area contributed by atoms with Crippen LogP contribution in [0, 0.1) is 0 Å². The molecule has 0 aliphatic carbocycles. The third kappa shape index (κ3) is 2.73. The standard InChI is InChI=1S/C19H24N2O3/c1-12(2)10-13-11-19(3,7-9-22)24-16-14-6-5-8-20-17(14)21(4)18(23)15(13)16/h5-6,8,10,13,22H,7,9,11H2,1-4H3. The molecule has 3 heterocycles. The predicted molar refractivity (Wildman–Crippen MR) is 94.5 cm³/mol. The summed E-state index contributed by atoms with van der Waals surface area (Å²) >= 11 is 0. The summed E-state index contributed by atoms with van der Waals surface area (Å²) < 4.78 is 7.87. The van der Waals surface area contributed by atoms with Gasteiger partial charge in [0.2, 0.25) is 0 Å². The van der Waals surface area contributed by atoms with E-state index in [9.17, 15) is 9.90 Å². The van der Waals surface area contributed by atoms with E-state index in [1.54, 1.807) is 17.8 Å². The van der Waals surface area contributed by atoms with Gasteiger partial charge in [0.1, 0.15) is 17.0 Å². The molecule has 2 atom stereocenters. The second-order valence-electron chi connectivity index (χ2n) is 7.06. The summed E-state index contributed by atoms with van der Waals surface area (Å²) in [6, 6.07) is 3.79. The van der Waals surface area contributed by atoms with Crippen LogP contribution >= 0.6 is 0 Å². The number of pyridine rings is 2. The Hall–Kier alpha value is -2.14. The highest BCUT2D eigenvalue weighted by atomic mass is 16.5. The maximum Gasteiger partial charge on any atom is 0.259 e. The van der Waals surface area contributed by atoms with Crippen LogP contribution in [0.4, 0.5) is 0 Å². The van der Waals surface area contributed by atoms with Crippen molar-refractivity contribution in [2.75, 3.05) is 6.61 Å². The van der Waals surface area contributed by atoms with E-state index < -0.39 is 5.60 Å². The van der Waals surface area contributed by atoms with Crippen molar-refractivity contribution >= 4 is 11.0 Å². The highest BCUT2D eigenvalue weighted by molar-refractivity contribution is 5.84. The van der Waals surface area contributed by atoms with Crippen molar-refractivity contribution in [3.63, 3.8) is 0 Å². The fourth-order valence-electron chi connectivity index (χ4n) is 3.59. The van der Waals surface area contributed by atoms with Crippen LogP contribution in [0.5, 0.6) is 5.75 Å². The van der Waals surface area contributed by atoms with Gasteiger partial charge in [-0.15, -0.1) is 0 Å². The average molecular weight is 328 g/mol. The smallest absolute Gasteiger partial charge is 0.259 e. The number of rotatable bonds is 3. The number of allylic oxidation sites excluding steroid dienone is 2. The summed E-state index contributed by atoms with van der Waals surface area (Å²) in [4.78, 5) is 17.3. The maximum atomic E-state index is 13.0. The first-order valence-corrected chi connectivity index (χ1v) is 8.29. The summed E-state index contributed by atoms with van der Waals surface area (Å²) in [5, 5.41) is 10.3. The Morgan fingerprint density at radius 2 is 2.29 bits per heavy atom. The molecule has 1 aliphatic heterocycles. The number of aliphatic hydroxyl groups excluding tert-OH is 1. The molecule has 2 unspecified atom stereocenters. The molecule has 0 saturated heterocycles. The fraction of sp³-hybridized carbons (Fsp3) is 0.474. The third-order valence-corrected chi connectivity index (χ3v) is 4.67. The molecule has 1 N–H and O–H groups in total. The van der Waals surface area contributed by atoms with Crippen molar-refractivity contribution in [3.8, 4) is 5.75 Å². The molecule has 24 heavy (non-hydrogen) atoms. The minimum absolute atomic E-state index is 0.0291. The van der Waals surface area contributed by atoms with E-state index in [1.165, 1.54) is 0 Å². The predicted octanol–water partition coefficient (Wildman–Crippen LogP) is 2.91. The van der Waals surface area contributed by atoms with Crippen LogP contribution in [0.3, 0.4) is 0 Å². The molecule has 2 aromatic rings. The zero-order valence-corrected chi connectivity index (χ0v) is 14.7. The molecule has 128 valence electrons. The van der Waals surface area contributed by atoms with Crippen molar-refractivity contribution in [1.82, 2.24) is 9.55 Å². The molecule has 1 aliphatic rings. The van der Waals surface area contributed by atoms with E-state index in [0.717, 1.165) is 11.0 Å². The lowest BCUT2D eigenvalue weighted by atomic mass is 9.81. The molecule has 0 bridgehead atoms. The molecule has 2 aromatic heterocycles. The number of ether oxygens (including phenoxy) is 1. The number of hydrogen-bond donors (Lipinski definition) is 1. The lowest BCUT2D eigenvalue weighted by Gasteiger charge is -2.39. The topological polar surface area (TPSA) is 64.3 Å². The molecular weight excluding hydrogens is 304 g/mol. The van der Waals surface area contributed by atoms with Gasteiger partial charge < -0.3 is 9.84 Å². The average Bonchev–Trinajstić information content (AvgIpc) is 2.51. The van der Waals surface area contributed by atoms with Crippen LogP contribution in [0.25, 0.3) is 11.0 Å². The van der Waals surface area contributed by atoms with E-state index in [4.69, 9.17) is 4.74 Å². The molecule has 5 heteroatoms. The fourth-order valence-corrected chi connectivity index (χ4v) is 3.59. The summed E-state index contributed by atoms with van der Waals surface area (Å²) in [6.07, 6.45) is 5.00. The minimum Gasteiger partial charge on any atom is -0.486 e. The van der Waals surface area contributed by atoms with Gasteiger partial charge in [-0.1, -0.05) is 11.6 Å². The molecule has 0 fully saturated rings. The first kappa shape index (κ1) is 16.7. The molecule has 0 radical (unpaired) electrons. The summed E-state index contributed by atoms with van der Waals surface area (Å²) in [6.45, 7) is 6.11. The van der Waals surface area contributed by atoms with Gasteiger partial charge in [-0.25, -0.2) is 4.98 Å². The first-order chi connectivity index (χ1) is 11.4. The Balaban J connectivity index is 2.34. The Kier molecular flexibility index (Phi) is 4.22. The second-order valence-corrected chi connectivity index (χ2v) is 7.06. The minimum atomic E-state index is -0.506. The van der Waals surface area contributed by atoms with Gasteiger partial charge in [0.25, 0.3) is 5.56 Å². The quantitative estimate of drug-likeness (QED) is 0.880. The lowest BCUT2D eigenvalue weighted by molar-refractivity contribution is 0.0349. The lowest BCUT2D eigenvalue weighted by Crippen LogP contribution is -2.41. The number of aromatic nitrogens is 2. The van der Waals surface area contributed by atoms with Crippen molar-refractivity contribution in [1.29, 1.82) is 0 Å². The first-order valence-electron chi connectivity index (χ1n) is 8.29. The highest BCUT2D eigenvalue weighted by Gasteiger charge is 2.39. The van der Waals surface area contributed by atoms with E-state index in [1.807, 2.05) is 32.9 Å². The zero-order chi connectivity index (χ0) is 17.5. The molecule has 0 spiro atoms. The van der Waals surface area contributed by atoms with Gasteiger partial charge in [0.05, 0.1) is 10.9 Å². The Morgan fingerprint density at radius 1 is 1.54 bits per heavy atom. The van der Waals surface area contributed by atoms with Crippen LogP contribution in [0.2, 0.25) is 0 Å².